The second-order valence-electron chi connectivity index (χ2n) is 5.63. The molecule has 0 spiro atoms. The van der Waals surface area contributed by atoms with E-state index in [4.69, 9.17) is 0 Å². The molecule has 0 N–H and O–H groups in total. The third kappa shape index (κ3) is 3.60. The molecule has 0 nitrogen and oxygen atoms in total. The lowest BCUT2D eigenvalue weighted by Gasteiger charge is -2.20. The van der Waals surface area contributed by atoms with Crippen LogP contribution >= 0.6 is 0 Å². The maximum Gasteiger partial charge on any atom is 0.0630 e. The van der Waals surface area contributed by atoms with E-state index in [2.05, 4.69) is 84.3 Å². The van der Waals surface area contributed by atoms with Crippen LogP contribution in [-0.4, -0.2) is 0 Å². The predicted octanol–water partition coefficient (Wildman–Crippen LogP) is 5.13. The Hall–Kier alpha value is -2.44. The van der Waals surface area contributed by atoms with Gasteiger partial charge >= 0.3 is 0 Å². The van der Waals surface area contributed by atoms with Gasteiger partial charge in [0.2, 0.25) is 0 Å². The van der Waals surface area contributed by atoms with Crippen molar-refractivity contribution in [1.82, 2.24) is 0 Å². The van der Waals surface area contributed by atoms with Gasteiger partial charge in [0.05, 0.1) is 11.8 Å². The van der Waals surface area contributed by atoms with E-state index < -0.39 is 0 Å². The number of rotatable bonds is 2. The van der Waals surface area contributed by atoms with Crippen molar-refractivity contribution in [3.05, 3.63) is 71.8 Å². The minimum Gasteiger partial charge on any atom is -0.103 e. The van der Waals surface area contributed by atoms with Crippen molar-refractivity contribution < 1.29 is 0 Å². The number of hydrogen-bond acceptors (Lipinski definition) is 0. The van der Waals surface area contributed by atoms with Crippen LogP contribution in [0.3, 0.4) is 0 Å². The zero-order valence-electron chi connectivity index (χ0n) is 12.8. The van der Waals surface area contributed by atoms with Crippen LogP contribution in [0.5, 0.6) is 0 Å². The van der Waals surface area contributed by atoms with Crippen molar-refractivity contribution in [3.8, 4) is 23.7 Å². The molecule has 0 saturated heterocycles. The Balaban J connectivity index is 2.05. The van der Waals surface area contributed by atoms with E-state index in [-0.39, 0.29) is 11.8 Å². The van der Waals surface area contributed by atoms with E-state index >= 15 is 0 Å². The third-order valence-electron chi connectivity index (χ3n) is 4.02. The smallest absolute Gasteiger partial charge is 0.0630 e. The lowest BCUT2D eigenvalue weighted by Crippen LogP contribution is -2.09. The summed E-state index contributed by atoms with van der Waals surface area (Å²) >= 11 is 0. The Labute approximate surface area is 133 Å². The average molecular weight is 284 g/mol. The molecule has 1 aliphatic carbocycles. The molecule has 0 amide bonds. The summed E-state index contributed by atoms with van der Waals surface area (Å²) in [6, 6.07) is 21.1. The van der Waals surface area contributed by atoms with Crippen molar-refractivity contribution >= 4 is 0 Å². The minimum atomic E-state index is 0.147. The van der Waals surface area contributed by atoms with Crippen molar-refractivity contribution in [3.63, 3.8) is 0 Å². The molecule has 0 saturated carbocycles. The highest BCUT2D eigenvalue weighted by atomic mass is 14.2. The summed E-state index contributed by atoms with van der Waals surface area (Å²) in [5.74, 6) is 14.1. The van der Waals surface area contributed by atoms with Gasteiger partial charge in [0.25, 0.3) is 0 Å². The van der Waals surface area contributed by atoms with Crippen LogP contribution < -0.4 is 0 Å². The van der Waals surface area contributed by atoms with Crippen molar-refractivity contribution in [2.24, 2.45) is 0 Å². The first kappa shape index (κ1) is 14.5. The highest BCUT2D eigenvalue weighted by Gasteiger charge is 2.21. The van der Waals surface area contributed by atoms with Crippen LogP contribution in [0.2, 0.25) is 0 Å². The van der Waals surface area contributed by atoms with Gasteiger partial charge in [-0.1, -0.05) is 72.5 Å². The van der Waals surface area contributed by atoms with Crippen LogP contribution in [0.25, 0.3) is 0 Å². The zero-order chi connectivity index (χ0) is 15.0. The Morgan fingerprint density at radius 2 is 1.00 bits per heavy atom. The summed E-state index contributed by atoms with van der Waals surface area (Å²) in [4.78, 5) is 0. The standard InChI is InChI=1S/C22H20/c1-2-4-12-18-22(20-15-9-6-10-16-20)21(17-11-3-1)19-13-7-5-8-14-19/h5-10,13-16,21-22H,1-4H2. The molecule has 0 fully saturated rings. The Morgan fingerprint density at radius 1 is 0.591 bits per heavy atom. The number of benzene rings is 2. The van der Waals surface area contributed by atoms with Crippen molar-refractivity contribution in [2.45, 2.75) is 37.5 Å². The molecule has 0 bridgehead atoms. The molecule has 0 aliphatic heterocycles. The maximum absolute atomic E-state index is 3.50. The fraction of sp³-hybridized carbons (Fsp3) is 0.273. The first-order chi connectivity index (χ1) is 10.9. The molecule has 1 aliphatic rings. The molecular weight excluding hydrogens is 264 g/mol. The SMILES string of the molecule is C1#CC(c2ccccc2)C(c2ccccc2)C#CCCCC1. The van der Waals surface area contributed by atoms with Crippen LogP contribution in [0.15, 0.2) is 60.7 Å². The van der Waals surface area contributed by atoms with E-state index in [1.165, 1.54) is 11.1 Å². The van der Waals surface area contributed by atoms with Crippen molar-refractivity contribution in [1.29, 1.82) is 0 Å². The predicted molar refractivity (Wildman–Crippen MR) is 92.4 cm³/mol. The lowest BCUT2D eigenvalue weighted by molar-refractivity contribution is 0.752. The molecule has 22 heavy (non-hydrogen) atoms. The normalized spacial score (nSPS) is 20.9. The van der Waals surface area contributed by atoms with Gasteiger partial charge in [-0.15, -0.1) is 11.8 Å². The van der Waals surface area contributed by atoms with Gasteiger partial charge < -0.3 is 0 Å². The summed E-state index contributed by atoms with van der Waals surface area (Å²) in [5, 5.41) is 0. The fourth-order valence-electron chi connectivity index (χ4n) is 2.83. The quantitative estimate of drug-likeness (QED) is 0.670. The first-order valence-corrected chi connectivity index (χ1v) is 8.02. The van der Waals surface area contributed by atoms with Gasteiger partial charge in [-0.25, -0.2) is 0 Å². The fourth-order valence-corrected chi connectivity index (χ4v) is 2.83. The topological polar surface area (TPSA) is 0 Å². The van der Waals surface area contributed by atoms with E-state index in [0.29, 0.717) is 0 Å². The third-order valence-corrected chi connectivity index (χ3v) is 4.02. The van der Waals surface area contributed by atoms with Crippen LogP contribution in [0.4, 0.5) is 0 Å². The van der Waals surface area contributed by atoms with Gasteiger partial charge in [0.15, 0.2) is 0 Å². The van der Waals surface area contributed by atoms with Gasteiger partial charge in [0.1, 0.15) is 0 Å². The summed E-state index contributed by atoms with van der Waals surface area (Å²) in [7, 11) is 0. The van der Waals surface area contributed by atoms with Crippen molar-refractivity contribution in [2.75, 3.05) is 0 Å². The zero-order valence-corrected chi connectivity index (χ0v) is 12.8. The molecule has 0 heteroatoms. The number of hydrogen-bond donors (Lipinski definition) is 0. The highest BCUT2D eigenvalue weighted by Crippen LogP contribution is 2.32. The van der Waals surface area contributed by atoms with Crippen LogP contribution in [-0.2, 0) is 0 Å². The van der Waals surface area contributed by atoms with Crippen LogP contribution in [0, 0.1) is 23.7 Å². The van der Waals surface area contributed by atoms with Gasteiger partial charge in [-0.2, -0.15) is 0 Å². The van der Waals surface area contributed by atoms with Gasteiger partial charge in [0, 0.05) is 12.8 Å². The molecule has 2 aromatic carbocycles. The molecule has 0 radical (unpaired) electrons. The van der Waals surface area contributed by atoms with E-state index in [1.54, 1.807) is 0 Å². The Kier molecular flexibility index (Phi) is 4.96. The lowest BCUT2D eigenvalue weighted by atomic mass is 9.81. The molecule has 3 rings (SSSR count). The average Bonchev–Trinajstić information content (AvgIpc) is 2.60. The molecule has 0 heterocycles. The molecule has 2 atom stereocenters. The van der Waals surface area contributed by atoms with Crippen LogP contribution in [0.1, 0.15) is 48.6 Å². The van der Waals surface area contributed by atoms with E-state index in [0.717, 1.165) is 25.7 Å². The van der Waals surface area contributed by atoms with Gasteiger partial charge in [-0.05, 0) is 24.0 Å². The molecule has 0 aromatic heterocycles. The summed E-state index contributed by atoms with van der Waals surface area (Å²) < 4.78 is 0. The summed E-state index contributed by atoms with van der Waals surface area (Å²) in [5.41, 5.74) is 2.53. The second kappa shape index (κ2) is 7.53. The first-order valence-electron chi connectivity index (χ1n) is 8.02. The highest BCUT2D eigenvalue weighted by molar-refractivity contribution is 5.40. The maximum atomic E-state index is 3.50. The summed E-state index contributed by atoms with van der Waals surface area (Å²) in [6.45, 7) is 0. The minimum absolute atomic E-state index is 0.147. The second-order valence-corrected chi connectivity index (χ2v) is 5.63. The van der Waals surface area contributed by atoms with E-state index in [1.807, 2.05) is 0 Å². The molecular formula is C22H20. The van der Waals surface area contributed by atoms with E-state index in [9.17, 15) is 0 Å². The summed E-state index contributed by atoms with van der Waals surface area (Å²) in [6.07, 6.45) is 4.26. The molecule has 2 unspecified atom stereocenters. The van der Waals surface area contributed by atoms with Gasteiger partial charge in [-0.3, -0.25) is 0 Å². The molecule has 2 aromatic rings. The Morgan fingerprint density at radius 3 is 1.41 bits per heavy atom. The largest absolute Gasteiger partial charge is 0.103 e. The molecule has 108 valence electrons. The monoisotopic (exact) mass is 284 g/mol. The Bertz CT molecular complexity index is 639.